The van der Waals surface area contributed by atoms with Gasteiger partial charge in [-0.15, -0.1) is 0 Å². The van der Waals surface area contributed by atoms with E-state index in [4.69, 9.17) is 14.5 Å². The lowest BCUT2D eigenvalue weighted by Gasteiger charge is -2.44. The maximum absolute atomic E-state index is 12.5. The molecule has 2 fully saturated rings. The second kappa shape index (κ2) is 8.08. The van der Waals surface area contributed by atoms with Gasteiger partial charge in [-0.25, -0.2) is 14.6 Å². The van der Waals surface area contributed by atoms with Crippen LogP contribution in [0.25, 0.3) is 0 Å². The smallest absolute Gasteiger partial charge is 0.334 e. The third-order valence-electron chi connectivity index (χ3n) is 7.04. The molecule has 164 valence electrons. The molecule has 0 saturated heterocycles. The average Bonchev–Trinajstić information content (AvgIpc) is 3.07. The zero-order chi connectivity index (χ0) is 22.3. The molecule has 0 spiro atoms. The molecule has 0 heterocycles. The van der Waals surface area contributed by atoms with Gasteiger partial charge in [0.1, 0.15) is 0 Å². The Labute approximate surface area is 177 Å². The molecule has 29 heavy (non-hydrogen) atoms. The van der Waals surface area contributed by atoms with E-state index in [1.54, 1.807) is 6.92 Å². The summed E-state index contributed by atoms with van der Waals surface area (Å²) in [6.07, 6.45) is 3.71. The summed E-state index contributed by atoms with van der Waals surface area (Å²) in [4.78, 5) is 23.9. The van der Waals surface area contributed by atoms with Gasteiger partial charge in [-0.05, 0) is 64.7 Å². The molecule has 0 N–H and O–H groups in total. The van der Waals surface area contributed by atoms with E-state index in [1.807, 2.05) is 27.7 Å². The lowest BCUT2D eigenvalue weighted by Crippen LogP contribution is -2.47. The number of carbonyl (C=O) groups is 1. The van der Waals surface area contributed by atoms with Gasteiger partial charge in [0.15, 0.2) is 11.2 Å². The SMILES string of the molecule is C=C(C)C(=O)O[C@]1(C#CC(C)(C)OOC(C)(C)CCC)C[C@H]2C[C@H]1[C@@H](C)C2(C)C. The number of esters is 1. The Bertz CT molecular complexity index is 702. The van der Waals surface area contributed by atoms with E-state index in [9.17, 15) is 4.79 Å². The second-order valence-electron chi connectivity index (χ2n) is 10.8. The summed E-state index contributed by atoms with van der Waals surface area (Å²) in [7, 11) is 0. The minimum Gasteiger partial charge on any atom is -0.442 e. The molecule has 0 amide bonds. The van der Waals surface area contributed by atoms with Crippen LogP contribution in [0, 0.1) is 35.0 Å². The number of fused-ring (bicyclic) bond motifs is 2. The van der Waals surface area contributed by atoms with Gasteiger partial charge in [0.2, 0.25) is 0 Å². The normalized spacial score (nSPS) is 30.6. The Morgan fingerprint density at radius 1 is 1.21 bits per heavy atom. The first kappa shape index (κ1) is 24.0. The van der Waals surface area contributed by atoms with Gasteiger partial charge in [-0.2, -0.15) is 0 Å². The van der Waals surface area contributed by atoms with E-state index >= 15 is 0 Å². The summed E-state index contributed by atoms with van der Waals surface area (Å²) in [5.41, 5.74) is -1.34. The minimum atomic E-state index is -0.811. The van der Waals surface area contributed by atoms with Crippen LogP contribution in [-0.4, -0.2) is 22.8 Å². The molecule has 2 saturated carbocycles. The molecule has 2 rings (SSSR count). The Hall–Kier alpha value is -1.31. The van der Waals surface area contributed by atoms with E-state index in [2.05, 4.69) is 46.1 Å². The Balaban J connectivity index is 2.27. The van der Waals surface area contributed by atoms with Gasteiger partial charge < -0.3 is 4.74 Å². The zero-order valence-corrected chi connectivity index (χ0v) is 19.9. The molecule has 2 aliphatic rings. The molecule has 4 atom stereocenters. The summed E-state index contributed by atoms with van der Waals surface area (Å²) in [6, 6.07) is 0. The molecule has 0 unspecified atom stereocenters. The van der Waals surface area contributed by atoms with Crippen LogP contribution < -0.4 is 0 Å². The van der Waals surface area contributed by atoms with Crippen LogP contribution >= 0.6 is 0 Å². The highest BCUT2D eigenvalue weighted by atomic mass is 17.2. The van der Waals surface area contributed by atoms with E-state index < -0.39 is 11.2 Å². The Morgan fingerprint density at radius 3 is 2.31 bits per heavy atom. The predicted octanol–water partition coefficient (Wildman–Crippen LogP) is 5.86. The van der Waals surface area contributed by atoms with Crippen LogP contribution in [0.2, 0.25) is 0 Å². The van der Waals surface area contributed by atoms with Gasteiger partial charge >= 0.3 is 5.97 Å². The molecule has 0 aliphatic heterocycles. The lowest BCUT2D eigenvalue weighted by molar-refractivity contribution is -0.389. The second-order valence-corrected chi connectivity index (χ2v) is 10.8. The highest BCUT2D eigenvalue weighted by molar-refractivity contribution is 5.87. The van der Waals surface area contributed by atoms with Gasteiger partial charge in [-0.3, -0.25) is 0 Å². The fourth-order valence-electron chi connectivity index (χ4n) is 4.84. The van der Waals surface area contributed by atoms with Crippen LogP contribution in [0.15, 0.2) is 12.2 Å². The Kier molecular flexibility index (Phi) is 6.68. The molecule has 4 nitrogen and oxygen atoms in total. The monoisotopic (exact) mass is 404 g/mol. The van der Waals surface area contributed by atoms with Crippen LogP contribution in [0.3, 0.4) is 0 Å². The third kappa shape index (κ3) is 5.06. The first-order valence-electron chi connectivity index (χ1n) is 11.0. The van der Waals surface area contributed by atoms with Crippen LogP contribution in [0.1, 0.15) is 88.0 Å². The van der Waals surface area contributed by atoms with Crippen molar-refractivity contribution in [2.24, 2.45) is 23.2 Å². The topological polar surface area (TPSA) is 44.8 Å². The molecular formula is C25H40O4. The average molecular weight is 405 g/mol. The third-order valence-corrected chi connectivity index (χ3v) is 7.04. The van der Waals surface area contributed by atoms with Crippen LogP contribution in [-0.2, 0) is 19.3 Å². The van der Waals surface area contributed by atoms with E-state index in [1.165, 1.54) is 0 Å². The van der Waals surface area contributed by atoms with E-state index in [-0.39, 0.29) is 22.9 Å². The van der Waals surface area contributed by atoms with Crippen molar-refractivity contribution in [3.05, 3.63) is 12.2 Å². The molecule has 0 aromatic carbocycles. The number of hydrogen-bond acceptors (Lipinski definition) is 4. The maximum Gasteiger partial charge on any atom is 0.334 e. The number of rotatable bonds is 7. The summed E-state index contributed by atoms with van der Waals surface area (Å²) in [6.45, 7) is 22.2. The van der Waals surface area contributed by atoms with Crippen molar-refractivity contribution in [2.75, 3.05) is 0 Å². The fraction of sp³-hybridized carbons (Fsp3) is 0.800. The highest BCUT2D eigenvalue weighted by Gasteiger charge is 2.63. The molecule has 0 aromatic rings. The number of carbonyl (C=O) groups excluding carboxylic acids is 1. The van der Waals surface area contributed by atoms with Gasteiger partial charge in [-0.1, -0.05) is 52.5 Å². The van der Waals surface area contributed by atoms with Crippen molar-refractivity contribution in [1.82, 2.24) is 0 Å². The van der Waals surface area contributed by atoms with Crippen LogP contribution in [0.4, 0.5) is 0 Å². The van der Waals surface area contributed by atoms with Crippen molar-refractivity contribution < 1.29 is 19.3 Å². The lowest BCUT2D eigenvalue weighted by atomic mass is 9.64. The molecule has 0 aromatic heterocycles. The molecule has 0 radical (unpaired) electrons. The molecule has 2 aliphatic carbocycles. The van der Waals surface area contributed by atoms with Gasteiger partial charge in [0, 0.05) is 17.9 Å². The number of hydrogen-bond donors (Lipinski definition) is 0. The van der Waals surface area contributed by atoms with Crippen molar-refractivity contribution in [3.8, 4) is 11.8 Å². The molecular weight excluding hydrogens is 364 g/mol. The van der Waals surface area contributed by atoms with Crippen LogP contribution in [0.5, 0.6) is 0 Å². The van der Waals surface area contributed by atoms with Crippen molar-refractivity contribution in [2.45, 2.75) is 105 Å². The van der Waals surface area contributed by atoms with Crippen molar-refractivity contribution in [3.63, 3.8) is 0 Å². The first-order chi connectivity index (χ1) is 13.2. The van der Waals surface area contributed by atoms with Crippen molar-refractivity contribution >= 4 is 5.97 Å². The standard InChI is InChI=1S/C25H40O4/c1-11-12-22(5,6)28-29-23(7,8)13-14-25(27-21(26)17(2)3)16-19-15-20(25)18(4)24(19,9)10/h18-20H,2,11-12,15-16H2,1,3-10H3/t18-,19-,20+,25-/m1/s1. The summed E-state index contributed by atoms with van der Waals surface area (Å²) in [5, 5.41) is 0. The molecule has 2 bridgehead atoms. The summed E-state index contributed by atoms with van der Waals surface area (Å²) < 4.78 is 6.03. The summed E-state index contributed by atoms with van der Waals surface area (Å²) >= 11 is 0. The van der Waals surface area contributed by atoms with E-state index in [0.717, 1.165) is 25.7 Å². The summed E-state index contributed by atoms with van der Waals surface area (Å²) in [5.74, 6) is 7.33. The van der Waals surface area contributed by atoms with Gasteiger partial charge in [0.05, 0.1) is 5.60 Å². The minimum absolute atomic E-state index is 0.214. The molecule has 4 heteroatoms. The Morgan fingerprint density at radius 2 is 1.83 bits per heavy atom. The largest absolute Gasteiger partial charge is 0.442 e. The first-order valence-corrected chi connectivity index (χ1v) is 11.0. The fourth-order valence-corrected chi connectivity index (χ4v) is 4.84. The van der Waals surface area contributed by atoms with Gasteiger partial charge in [0.25, 0.3) is 0 Å². The number of ether oxygens (including phenoxy) is 1. The van der Waals surface area contributed by atoms with Crippen molar-refractivity contribution in [1.29, 1.82) is 0 Å². The maximum atomic E-state index is 12.5. The zero-order valence-electron chi connectivity index (χ0n) is 19.9. The highest BCUT2D eigenvalue weighted by Crippen LogP contribution is 2.63. The predicted molar refractivity (Wildman–Crippen MR) is 116 cm³/mol. The van der Waals surface area contributed by atoms with E-state index in [0.29, 0.717) is 17.4 Å². The quantitative estimate of drug-likeness (QED) is 0.175.